The second-order valence-corrected chi connectivity index (χ2v) is 6.05. The number of aromatic nitrogens is 2. The molecule has 0 aromatic carbocycles. The lowest BCUT2D eigenvalue weighted by Gasteiger charge is -2.21. The number of thioether (sulfide) groups is 1. The highest BCUT2D eigenvalue weighted by Gasteiger charge is 2.14. The lowest BCUT2D eigenvalue weighted by molar-refractivity contribution is 0.646. The van der Waals surface area contributed by atoms with Gasteiger partial charge < -0.3 is 9.88 Å². The van der Waals surface area contributed by atoms with E-state index in [1.807, 2.05) is 11.8 Å². The van der Waals surface area contributed by atoms with Gasteiger partial charge in [0.15, 0.2) is 5.82 Å². The lowest BCUT2D eigenvalue weighted by atomic mass is 10.2. The van der Waals surface area contributed by atoms with Crippen LogP contribution in [0.5, 0.6) is 0 Å². The molecule has 0 saturated carbocycles. The van der Waals surface area contributed by atoms with E-state index in [9.17, 15) is 4.79 Å². The minimum Gasteiger partial charge on any atom is -0.364 e. The highest BCUT2D eigenvalue weighted by Crippen LogP contribution is 2.24. The third kappa shape index (κ3) is 3.51. The van der Waals surface area contributed by atoms with Gasteiger partial charge in [-0.1, -0.05) is 13.3 Å². The Hall–Kier alpha value is -0.970. The van der Waals surface area contributed by atoms with Crippen molar-refractivity contribution in [3.63, 3.8) is 0 Å². The quantitative estimate of drug-likeness (QED) is 0.889. The molecule has 0 aliphatic carbocycles. The number of anilines is 1. The van der Waals surface area contributed by atoms with Crippen LogP contribution in [0.3, 0.4) is 0 Å². The summed E-state index contributed by atoms with van der Waals surface area (Å²) in [5.41, 5.74) is 0.000148. The van der Waals surface area contributed by atoms with E-state index >= 15 is 0 Å². The summed E-state index contributed by atoms with van der Waals surface area (Å²) in [6.07, 6.45) is 8.30. The smallest absolute Gasteiger partial charge is 0.293 e. The van der Waals surface area contributed by atoms with Crippen LogP contribution < -0.4 is 10.9 Å². The predicted octanol–water partition coefficient (Wildman–Crippen LogP) is 2.35. The summed E-state index contributed by atoms with van der Waals surface area (Å²) in [6, 6.07) is 0. The van der Waals surface area contributed by atoms with E-state index in [-0.39, 0.29) is 5.56 Å². The molecule has 1 N–H and O–H groups in total. The van der Waals surface area contributed by atoms with Crippen molar-refractivity contribution in [1.82, 2.24) is 9.55 Å². The molecule has 0 amide bonds. The van der Waals surface area contributed by atoms with Gasteiger partial charge in [0.2, 0.25) is 0 Å². The summed E-state index contributed by atoms with van der Waals surface area (Å²) in [4.78, 5) is 16.2. The van der Waals surface area contributed by atoms with Gasteiger partial charge in [-0.25, -0.2) is 4.98 Å². The summed E-state index contributed by atoms with van der Waals surface area (Å²) < 4.78 is 1.73. The number of rotatable bonds is 5. The molecule has 100 valence electrons. The maximum atomic E-state index is 12.1. The topological polar surface area (TPSA) is 46.9 Å². The maximum Gasteiger partial charge on any atom is 0.293 e. The van der Waals surface area contributed by atoms with Gasteiger partial charge in [-0.2, -0.15) is 11.8 Å². The molecule has 5 heteroatoms. The van der Waals surface area contributed by atoms with Gasteiger partial charge in [0.25, 0.3) is 5.56 Å². The van der Waals surface area contributed by atoms with Crippen LogP contribution in [0, 0.1) is 0 Å². The Balaban J connectivity index is 1.96. The highest BCUT2D eigenvalue weighted by molar-refractivity contribution is 7.99. The fourth-order valence-electron chi connectivity index (χ4n) is 2.16. The Bertz CT molecular complexity index is 426. The summed E-state index contributed by atoms with van der Waals surface area (Å²) >= 11 is 2.00. The van der Waals surface area contributed by atoms with Crippen molar-refractivity contribution in [3.05, 3.63) is 22.7 Å². The summed E-state index contributed by atoms with van der Waals surface area (Å²) in [5.74, 6) is 1.74. The SMILES string of the molecule is CCCn1ccnc(NCC2CCCCS2)c1=O. The lowest BCUT2D eigenvalue weighted by Crippen LogP contribution is -2.28. The Morgan fingerprint density at radius 1 is 1.56 bits per heavy atom. The molecule has 4 nitrogen and oxygen atoms in total. The molecule has 0 radical (unpaired) electrons. The van der Waals surface area contributed by atoms with Gasteiger partial charge in [-0.05, 0) is 25.0 Å². The first-order valence-corrected chi connectivity index (χ1v) is 7.77. The van der Waals surface area contributed by atoms with Crippen molar-refractivity contribution in [2.75, 3.05) is 17.6 Å². The Morgan fingerprint density at radius 3 is 3.17 bits per heavy atom. The highest BCUT2D eigenvalue weighted by atomic mass is 32.2. The van der Waals surface area contributed by atoms with Crippen LogP contribution in [-0.2, 0) is 6.54 Å². The van der Waals surface area contributed by atoms with Crippen LogP contribution in [0.4, 0.5) is 5.82 Å². The van der Waals surface area contributed by atoms with Crippen LogP contribution >= 0.6 is 11.8 Å². The third-order valence-corrected chi connectivity index (χ3v) is 4.55. The van der Waals surface area contributed by atoms with Gasteiger partial charge >= 0.3 is 0 Å². The summed E-state index contributed by atoms with van der Waals surface area (Å²) in [7, 11) is 0. The first-order chi connectivity index (χ1) is 8.81. The van der Waals surface area contributed by atoms with E-state index in [1.54, 1.807) is 17.0 Å². The van der Waals surface area contributed by atoms with Crippen molar-refractivity contribution in [2.45, 2.75) is 44.4 Å². The number of hydrogen-bond donors (Lipinski definition) is 1. The molecular formula is C13H21N3OS. The zero-order valence-electron chi connectivity index (χ0n) is 10.9. The van der Waals surface area contributed by atoms with E-state index in [0.717, 1.165) is 19.5 Å². The van der Waals surface area contributed by atoms with E-state index in [1.165, 1.54) is 25.0 Å². The van der Waals surface area contributed by atoms with Crippen molar-refractivity contribution in [3.8, 4) is 0 Å². The van der Waals surface area contributed by atoms with Crippen molar-refractivity contribution >= 4 is 17.6 Å². The first-order valence-electron chi connectivity index (χ1n) is 6.72. The molecule has 18 heavy (non-hydrogen) atoms. The molecule has 1 aromatic rings. The fraction of sp³-hybridized carbons (Fsp3) is 0.692. The average Bonchev–Trinajstić information content (AvgIpc) is 2.41. The van der Waals surface area contributed by atoms with Crippen LogP contribution in [0.2, 0.25) is 0 Å². The van der Waals surface area contributed by atoms with Gasteiger partial charge in [0.05, 0.1) is 0 Å². The Labute approximate surface area is 112 Å². The monoisotopic (exact) mass is 267 g/mol. The van der Waals surface area contributed by atoms with E-state index in [2.05, 4.69) is 17.2 Å². The summed E-state index contributed by atoms with van der Waals surface area (Å²) in [6.45, 7) is 3.68. The van der Waals surface area contributed by atoms with Crippen LogP contribution in [0.25, 0.3) is 0 Å². The normalized spacial score (nSPS) is 19.7. The molecule has 1 fully saturated rings. The Morgan fingerprint density at radius 2 is 2.44 bits per heavy atom. The van der Waals surface area contributed by atoms with Crippen molar-refractivity contribution in [1.29, 1.82) is 0 Å². The molecule has 1 aromatic heterocycles. The third-order valence-electron chi connectivity index (χ3n) is 3.15. The second kappa shape index (κ2) is 6.83. The van der Waals surface area contributed by atoms with Crippen LogP contribution in [0.1, 0.15) is 32.6 Å². The number of nitrogens with one attached hydrogen (secondary N) is 1. The molecule has 0 spiro atoms. The molecule has 0 bridgehead atoms. The van der Waals surface area contributed by atoms with Gasteiger partial charge in [0.1, 0.15) is 0 Å². The van der Waals surface area contributed by atoms with Crippen LogP contribution in [-0.4, -0.2) is 27.1 Å². The molecule has 1 aliphatic heterocycles. The Kier molecular flexibility index (Phi) is 5.11. The first kappa shape index (κ1) is 13.5. The summed E-state index contributed by atoms with van der Waals surface area (Å²) in [5, 5.41) is 3.84. The molecule has 2 rings (SSSR count). The van der Waals surface area contributed by atoms with E-state index in [0.29, 0.717) is 11.1 Å². The number of hydrogen-bond acceptors (Lipinski definition) is 4. The number of aryl methyl sites for hydroxylation is 1. The predicted molar refractivity (Wildman–Crippen MR) is 77.4 cm³/mol. The molecule has 1 unspecified atom stereocenters. The van der Waals surface area contributed by atoms with Gasteiger partial charge in [0, 0.05) is 30.7 Å². The van der Waals surface area contributed by atoms with Crippen molar-refractivity contribution < 1.29 is 0 Å². The average molecular weight is 267 g/mol. The van der Waals surface area contributed by atoms with Crippen LogP contribution in [0.15, 0.2) is 17.2 Å². The van der Waals surface area contributed by atoms with Gasteiger partial charge in [-0.15, -0.1) is 0 Å². The molecule has 2 heterocycles. The zero-order chi connectivity index (χ0) is 12.8. The maximum absolute atomic E-state index is 12.1. The van der Waals surface area contributed by atoms with E-state index < -0.39 is 0 Å². The zero-order valence-corrected chi connectivity index (χ0v) is 11.7. The fourth-order valence-corrected chi connectivity index (χ4v) is 3.40. The molecular weight excluding hydrogens is 246 g/mol. The second-order valence-electron chi connectivity index (χ2n) is 4.64. The minimum atomic E-state index is 0.000148. The van der Waals surface area contributed by atoms with Gasteiger partial charge in [-0.3, -0.25) is 4.79 Å². The number of nitrogens with zero attached hydrogens (tertiary/aromatic N) is 2. The molecule has 1 atom stereocenters. The largest absolute Gasteiger partial charge is 0.364 e. The standard InChI is InChI=1S/C13H21N3OS/c1-2-7-16-8-6-14-12(13(16)17)15-10-11-5-3-4-9-18-11/h6,8,11H,2-5,7,9-10H2,1H3,(H,14,15). The van der Waals surface area contributed by atoms with Crippen molar-refractivity contribution in [2.24, 2.45) is 0 Å². The minimum absolute atomic E-state index is 0.000148. The molecule has 1 aliphatic rings. The molecule has 1 saturated heterocycles. The van der Waals surface area contributed by atoms with E-state index in [4.69, 9.17) is 0 Å².